The van der Waals surface area contributed by atoms with Gasteiger partial charge in [-0.15, -0.1) is 0 Å². The summed E-state index contributed by atoms with van der Waals surface area (Å²) in [4.78, 5) is 0. The van der Waals surface area contributed by atoms with E-state index in [9.17, 15) is 4.57 Å². The summed E-state index contributed by atoms with van der Waals surface area (Å²) in [7, 11) is -1.37. The van der Waals surface area contributed by atoms with Gasteiger partial charge in [0.1, 0.15) is 0 Å². The van der Waals surface area contributed by atoms with E-state index in [0.29, 0.717) is 0 Å². The summed E-state index contributed by atoms with van der Waals surface area (Å²) < 4.78 is 16.2. The van der Waals surface area contributed by atoms with Gasteiger partial charge in [0.05, 0.1) is 5.66 Å². The predicted octanol–water partition coefficient (Wildman–Crippen LogP) is 0.537. The second kappa shape index (κ2) is 3.68. The van der Waals surface area contributed by atoms with Gasteiger partial charge in [-0.1, -0.05) is 0 Å². The summed E-state index contributed by atoms with van der Waals surface area (Å²) in [6.07, 6.45) is 1.73. The molecule has 1 aliphatic heterocycles. The maximum absolute atomic E-state index is 11.5. The second-order valence-electron chi connectivity index (χ2n) is 2.81. The molecule has 1 fully saturated rings. The molecule has 1 atom stereocenters. The van der Waals surface area contributed by atoms with Crippen LogP contribution in [0.1, 0.15) is 12.8 Å². The first-order valence-electron chi connectivity index (χ1n) is 3.81. The predicted molar refractivity (Wildman–Crippen MR) is 44.7 cm³/mol. The zero-order valence-electron chi connectivity index (χ0n) is 6.75. The van der Waals surface area contributed by atoms with Gasteiger partial charge in [0.2, 0.25) is 0 Å². The summed E-state index contributed by atoms with van der Waals surface area (Å²) in [5, 5.41) is 3.18. The van der Waals surface area contributed by atoms with Crippen LogP contribution in [0.2, 0.25) is 0 Å². The van der Waals surface area contributed by atoms with Gasteiger partial charge in [0.25, 0.3) is 7.52 Å². The van der Waals surface area contributed by atoms with Crippen LogP contribution in [0.4, 0.5) is 0 Å². The first-order chi connectivity index (χ1) is 5.17. The monoisotopic (exact) mass is 178 g/mol. The normalized spacial score (nSPS) is 26.4. The van der Waals surface area contributed by atoms with Crippen molar-refractivity contribution in [3.05, 3.63) is 0 Å². The molecule has 1 rings (SSSR count). The van der Waals surface area contributed by atoms with Gasteiger partial charge in [0, 0.05) is 7.11 Å². The zero-order chi connectivity index (χ0) is 8.32. The first kappa shape index (κ1) is 9.20. The van der Waals surface area contributed by atoms with Crippen molar-refractivity contribution in [1.29, 1.82) is 0 Å². The summed E-state index contributed by atoms with van der Waals surface area (Å²) in [6, 6.07) is 0. The summed E-state index contributed by atoms with van der Waals surface area (Å²) in [5.74, 6) is 0. The van der Waals surface area contributed by atoms with Crippen LogP contribution in [0.3, 0.4) is 0 Å². The molecule has 0 saturated carbocycles. The molecule has 0 aromatic heterocycles. The van der Waals surface area contributed by atoms with E-state index in [4.69, 9.17) is 10.0 Å². The first-order valence-corrected chi connectivity index (χ1v) is 5.58. The van der Waals surface area contributed by atoms with Gasteiger partial charge in [-0.2, -0.15) is 0 Å². The van der Waals surface area contributed by atoms with Crippen molar-refractivity contribution in [2.75, 3.05) is 20.2 Å². The van der Waals surface area contributed by atoms with Gasteiger partial charge in [-0.3, -0.25) is 10.1 Å². The van der Waals surface area contributed by atoms with E-state index in [1.807, 2.05) is 0 Å². The highest BCUT2D eigenvalue weighted by atomic mass is 31.2. The number of nitrogens with two attached hydrogens (primary N) is 1. The molecule has 0 radical (unpaired) electrons. The number of hydrogen-bond acceptors (Lipinski definition) is 3. The quantitative estimate of drug-likeness (QED) is 0.605. The maximum atomic E-state index is 11.5. The lowest BCUT2D eigenvalue weighted by molar-refractivity contribution is 0.367. The van der Waals surface area contributed by atoms with E-state index in [0.717, 1.165) is 25.9 Å². The molecule has 0 aromatic carbocycles. The molecule has 3 N–H and O–H groups in total. The molecule has 0 spiro atoms. The molecule has 0 aliphatic carbocycles. The maximum Gasteiger partial charge on any atom is 0.270 e. The van der Waals surface area contributed by atoms with Gasteiger partial charge in [-0.05, 0) is 25.9 Å². The Morgan fingerprint density at radius 2 is 2.09 bits per heavy atom. The zero-order valence-corrected chi connectivity index (χ0v) is 7.64. The molecular weight excluding hydrogens is 163 g/mol. The largest absolute Gasteiger partial charge is 0.321 e. The molecule has 0 aromatic rings. The Bertz CT molecular complexity index is 168. The molecule has 1 aliphatic rings. The average Bonchev–Trinajstić information content (AvgIpc) is 2.06. The Morgan fingerprint density at radius 1 is 1.55 bits per heavy atom. The fraction of sp³-hybridized carbons (Fsp3) is 1.00. The Hall–Kier alpha value is 0.110. The van der Waals surface area contributed by atoms with Gasteiger partial charge >= 0.3 is 0 Å². The van der Waals surface area contributed by atoms with E-state index in [1.165, 1.54) is 7.11 Å². The molecule has 0 amide bonds. The van der Waals surface area contributed by atoms with E-state index < -0.39 is 7.52 Å². The van der Waals surface area contributed by atoms with Crippen LogP contribution in [0.25, 0.3) is 0 Å². The number of hydrogen-bond donors (Lipinski definition) is 2. The minimum absolute atomic E-state index is 0.0637. The lowest BCUT2D eigenvalue weighted by Gasteiger charge is -2.26. The van der Waals surface area contributed by atoms with E-state index in [-0.39, 0.29) is 5.66 Å². The minimum atomic E-state index is -2.79. The molecule has 0 bridgehead atoms. The highest BCUT2D eigenvalue weighted by Gasteiger charge is 2.29. The molecule has 66 valence electrons. The molecule has 11 heavy (non-hydrogen) atoms. The van der Waals surface area contributed by atoms with Crippen LogP contribution in [-0.2, 0) is 9.09 Å². The molecule has 1 heterocycles. The van der Waals surface area contributed by atoms with Crippen LogP contribution < -0.4 is 10.8 Å². The third kappa shape index (κ3) is 2.27. The van der Waals surface area contributed by atoms with E-state index >= 15 is 0 Å². The third-order valence-electron chi connectivity index (χ3n) is 2.10. The Balaban J connectivity index is 2.51. The van der Waals surface area contributed by atoms with Gasteiger partial charge in [-0.25, -0.2) is 0 Å². The highest BCUT2D eigenvalue weighted by molar-refractivity contribution is 7.57. The number of piperidine rings is 1. The lowest BCUT2D eigenvalue weighted by atomic mass is 10.2. The Kier molecular flexibility index (Phi) is 3.07. The summed E-state index contributed by atoms with van der Waals surface area (Å²) in [5.41, 5.74) is 5.56. The van der Waals surface area contributed by atoms with Crippen LogP contribution in [0.5, 0.6) is 0 Å². The minimum Gasteiger partial charge on any atom is -0.321 e. The van der Waals surface area contributed by atoms with Crippen LogP contribution in [0, 0.1) is 0 Å². The van der Waals surface area contributed by atoms with Crippen molar-refractivity contribution in [2.45, 2.75) is 18.5 Å². The summed E-state index contributed by atoms with van der Waals surface area (Å²) in [6.45, 7) is 1.80. The van der Waals surface area contributed by atoms with Crippen molar-refractivity contribution < 1.29 is 9.09 Å². The van der Waals surface area contributed by atoms with Crippen LogP contribution in [0.15, 0.2) is 0 Å². The summed E-state index contributed by atoms with van der Waals surface area (Å²) >= 11 is 0. The van der Waals surface area contributed by atoms with Gasteiger partial charge < -0.3 is 9.84 Å². The van der Waals surface area contributed by atoms with Crippen molar-refractivity contribution in [3.8, 4) is 0 Å². The molecule has 1 saturated heterocycles. The Morgan fingerprint density at radius 3 is 2.55 bits per heavy atom. The second-order valence-corrected chi connectivity index (χ2v) is 5.19. The van der Waals surface area contributed by atoms with Crippen molar-refractivity contribution in [1.82, 2.24) is 5.32 Å². The third-order valence-corrected chi connectivity index (χ3v) is 4.21. The average molecular weight is 178 g/mol. The van der Waals surface area contributed by atoms with Crippen LogP contribution in [-0.4, -0.2) is 25.9 Å². The number of rotatable bonds is 2. The lowest BCUT2D eigenvalue weighted by Crippen LogP contribution is -2.32. The Labute approximate surface area is 67.0 Å². The molecule has 4 nitrogen and oxygen atoms in total. The fourth-order valence-corrected chi connectivity index (χ4v) is 2.59. The van der Waals surface area contributed by atoms with Crippen LogP contribution >= 0.6 is 7.52 Å². The van der Waals surface area contributed by atoms with Crippen molar-refractivity contribution in [2.24, 2.45) is 5.50 Å². The van der Waals surface area contributed by atoms with Crippen molar-refractivity contribution >= 4 is 7.52 Å². The highest BCUT2D eigenvalue weighted by Crippen LogP contribution is 2.46. The molecule has 1 unspecified atom stereocenters. The van der Waals surface area contributed by atoms with Crippen molar-refractivity contribution in [3.63, 3.8) is 0 Å². The number of nitrogens with one attached hydrogen (secondary N) is 1. The van der Waals surface area contributed by atoms with Gasteiger partial charge in [0.15, 0.2) is 0 Å². The smallest absolute Gasteiger partial charge is 0.270 e. The topological polar surface area (TPSA) is 64.3 Å². The standard InChI is InChI=1S/C6H15N2O2P/c1-10-11(7,9)6-2-4-8-5-3-6/h6,8H,2-5H2,1H3,(H2,7,9). The van der Waals surface area contributed by atoms with E-state index in [2.05, 4.69) is 5.32 Å². The SMILES string of the molecule is COP(N)(=O)C1CCNCC1. The van der Waals surface area contributed by atoms with E-state index in [1.54, 1.807) is 0 Å². The molecule has 5 heteroatoms. The molecular formula is C6H15N2O2P. The fourth-order valence-electron chi connectivity index (χ4n) is 1.32.